The average molecular weight is 601 g/mol. The number of hydrogen-bond donors (Lipinski definition) is 6. The molecule has 0 radical (unpaired) electrons. The summed E-state index contributed by atoms with van der Waals surface area (Å²) in [7, 11) is 0. The van der Waals surface area contributed by atoms with E-state index in [0.29, 0.717) is 13.1 Å². The molecule has 12 nitrogen and oxygen atoms in total. The molecule has 12 heteroatoms. The van der Waals surface area contributed by atoms with Gasteiger partial charge in [0.05, 0.1) is 0 Å². The summed E-state index contributed by atoms with van der Waals surface area (Å²) in [6, 6.07) is -1.29. The summed E-state index contributed by atoms with van der Waals surface area (Å²) in [6.07, 6.45) is 2.44. The van der Waals surface area contributed by atoms with Gasteiger partial charge in [-0.25, -0.2) is 9.59 Å². The second-order valence-corrected chi connectivity index (χ2v) is 13.2. The van der Waals surface area contributed by atoms with Crippen LogP contribution in [0.15, 0.2) is 0 Å². The van der Waals surface area contributed by atoms with Crippen molar-refractivity contribution in [3.05, 3.63) is 0 Å². The summed E-state index contributed by atoms with van der Waals surface area (Å²) in [6.45, 7) is 22.6. The standard InChI is InChI=1S/C30H60N6O6/c1-21(2)23(35-27(39)41-29(5,6)7)25(37)33-19-13-17-31-15-11-12-16-32-18-14-20-34-26(38)24(22(3)4)36-28(40)42-30(8,9)10/h21-24,31-32H,11-20H2,1-10H3,(H,33,37)(H,34,38)(H,35,39)(H,36,40)/t23-,24-/m0/s1. The van der Waals surface area contributed by atoms with E-state index in [0.717, 1.165) is 51.9 Å². The van der Waals surface area contributed by atoms with Gasteiger partial charge in [0.2, 0.25) is 11.8 Å². The highest BCUT2D eigenvalue weighted by atomic mass is 16.6. The number of hydrogen-bond acceptors (Lipinski definition) is 8. The maximum Gasteiger partial charge on any atom is 0.408 e. The summed E-state index contributed by atoms with van der Waals surface area (Å²) < 4.78 is 10.5. The molecule has 0 aliphatic rings. The molecule has 0 heterocycles. The molecule has 246 valence electrons. The summed E-state index contributed by atoms with van der Waals surface area (Å²) in [5, 5.41) is 17.9. The van der Waals surface area contributed by atoms with E-state index in [9.17, 15) is 19.2 Å². The lowest BCUT2D eigenvalue weighted by atomic mass is 10.0. The third-order valence-electron chi connectivity index (χ3n) is 5.86. The quantitative estimate of drug-likeness (QED) is 0.123. The van der Waals surface area contributed by atoms with Crippen LogP contribution in [0.25, 0.3) is 0 Å². The molecular formula is C30H60N6O6. The van der Waals surface area contributed by atoms with E-state index in [-0.39, 0.29) is 23.7 Å². The van der Waals surface area contributed by atoms with Crippen LogP contribution in [-0.2, 0) is 19.1 Å². The number of rotatable bonds is 19. The maximum absolute atomic E-state index is 12.5. The molecule has 0 unspecified atom stereocenters. The summed E-state index contributed by atoms with van der Waals surface area (Å²) >= 11 is 0. The fourth-order valence-corrected chi connectivity index (χ4v) is 3.76. The number of carbonyl (C=O) groups excluding carboxylic acids is 4. The van der Waals surface area contributed by atoms with Crippen molar-refractivity contribution in [1.82, 2.24) is 31.9 Å². The molecule has 0 aliphatic heterocycles. The van der Waals surface area contributed by atoms with Crippen molar-refractivity contribution >= 4 is 24.0 Å². The lowest BCUT2D eigenvalue weighted by Crippen LogP contribution is -2.51. The van der Waals surface area contributed by atoms with Gasteiger partial charge >= 0.3 is 12.2 Å². The molecule has 0 saturated heterocycles. The van der Waals surface area contributed by atoms with Crippen LogP contribution >= 0.6 is 0 Å². The Balaban J connectivity index is 3.89. The number of amides is 4. The van der Waals surface area contributed by atoms with Gasteiger partial charge in [-0.05, 0) is 105 Å². The lowest BCUT2D eigenvalue weighted by molar-refractivity contribution is -0.124. The molecule has 6 N–H and O–H groups in total. The zero-order valence-corrected chi connectivity index (χ0v) is 27.8. The number of unbranched alkanes of at least 4 members (excludes halogenated alkanes) is 1. The maximum atomic E-state index is 12.5. The van der Waals surface area contributed by atoms with Crippen molar-refractivity contribution in [2.45, 2.75) is 118 Å². The molecule has 0 aromatic carbocycles. The van der Waals surface area contributed by atoms with Crippen molar-refractivity contribution in [3.8, 4) is 0 Å². The first kappa shape index (κ1) is 39.4. The van der Waals surface area contributed by atoms with E-state index in [4.69, 9.17) is 9.47 Å². The van der Waals surface area contributed by atoms with Crippen LogP contribution in [0.5, 0.6) is 0 Å². The Kier molecular flexibility index (Phi) is 19.1. The Bertz CT molecular complexity index is 741. The Morgan fingerprint density at radius 3 is 1.12 bits per heavy atom. The Morgan fingerprint density at radius 2 is 0.833 bits per heavy atom. The number of ether oxygens (including phenoxy) is 2. The number of nitrogens with one attached hydrogen (secondary N) is 6. The second-order valence-electron chi connectivity index (χ2n) is 13.2. The first-order valence-electron chi connectivity index (χ1n) is 15.4. The average Bonchev–Trinajstić information content (AvgIpc) is 2.83. The monoisotopic (exact) mass is 600 g/mol. The Hall–Kier alpha value is -2.60. The third kappa shape index (κ3) is 21.2. The smallest absolute Gasteiger partial charge is 0.408 e. The van der Waals surface area contributed by atoms with Crippen molar-refractivity contribution in [2.75, 3.05) is 39.3 Å². The molecular weight excluding hydrogens is 540 g/mol. The van der Waals surface area contributed by atoms with Gasteiger partial charge in [0.25, 0.3) is 0 Å². The van der Waals surface area contributed by atoms with Gasteiger partial charge in [-0.15, -0.1) is 0 Å². The van der Waals surface area contributed by atoms with Crippen LogP contribution in [0.2, 0.25) is 0 Å². The van der Waals surface area contributed by atoms with E-state index in [1.54, 1.807) is 41.5 Å². The van der Waals surface area contributed by atoms with Gasteiger partial charge in [0.1, 0.15) is 23.3 Å². The van der Waals surface area contributed by atoms with Crippen LogP contribution in [-0.4, -0.2) is 86.6 Å². The predicted molar refractivity (Wildman–Crippen MR) is 166 cm³/mol. The minimum atomic E-state index is -0.644. The largest absolute Gasteiger partial charge is 0.444 e. The van der Waals surface area contributed by atoms with Crippen LogP contribution in [0.3, 0.4) is 0 Å². The normalized spacial score (nSPS) is 13.3. The van der Waals surface area contributed by atoms with E-state index in [1.165, 1.54) is 0 Å². The van der Waals surface area contributed by atoms with Crippen LogP contribution in [0.1, 0.15) is 94.9 Å². The van der Waals surface area contributed by atoms with Crippen LogP contribution in [0, 0.1) is 11.8 Å². The van der Waals surface area contributed by atoms with Gasteiger partial charge in [-0.2, -0.15) is 0 Å². The van der Waals surface area contributed by atoms with Crippen LogP contribution < -0.4 is 31.9 Å². The number of carbonyl (C=O) groups is 4. The Labute approximate surface area is 253 Å². The molecule has 4 amide bonds. The summed E-state index contributed by atoms with van der Waals surface area (Å²) in [5.41, 5.74) is -1.24. The van der Waals surface area contributed by atoms with Gasteiger partial charge in [-0.3, -0.25) is 9.59 Å². The minimum Gasteiger partial charge on any atom is -0.444 e. The number of alkyl carbamates (subject to hydrolysis) is 2. The lowest BCUT2D eigenvalue weighted by Gasteiger charge is -2.25. The van der Waals surface area contributed by atoms with Crippen molar-refractivity contribution < 1.29 is 28.7 Å². The predicted octanol–water partition coefficient (Wildman–Crippen LogP) is 3.06. The van der Waals surface area contributed by atoms with E-state index < -0.39 is 35.5 Å². The highest BCUT2D eigenvalue weighted by molar-refractivity contribution is 5.86. The SMILES string of the molecule is CC(C)[C@H](NC(=O)OC(C)(C)C)C(=O)NCCCNCCCCNCCCNC(=O)[C@@H](NC(=O)OC(C)(C)C)C(C)C. The molecule has 2 atom stereocenters. The summed E-state index contributed by atoms with van der Waals surface area (Å²) in [5.74, 6) is -0.542. The second kappa shape index (κ2) is 20.3. The molecule has 0 fully saturated rings. The molecule has 0 rings (SSSR count). The minimum absolute atomic E-state index is 0.0617. The van der Waals surface area contributed by atoms with E-state index >= 15 is 0 Å². The highest BCUT2D eigenvalue weighted by Crippen LogP contribution is 2.10. The van der Waals surface area contributed by atoms with Crippen molar-refractivity contribution in [1.29, 1.82) is 0 Å². The van der Waals surface area contributed by atoms with Crippen molar-refractivity contribution in [3.63, 3.8) is 0 Å². The topological polar surface area (TPSA) is 159 Å². The first-order valence-corrected chi connectivity index (χ1v) is 15.4. The summed E-state index contributed by atoms with van der Waals surface area (Å²) in [4.78, 5) is 49.1. The fourth-order valence-electron chi connectivity index (χ4n) is 3.76. The van der Waals surface area contributed by atoms with Crippen molar-refractivity contribution in [2.24, 2.45) is 11.8 Å². The zero-order chi connectivity index (χ0) is 32.3. The van der Waals surface area contributed by atoms with E-state index in [2.05, 4.69) is 31.9 Å². The van der Waals surface area contributed by atoms with Gasteiger partial charge in [0.15, 0.2) is 0 Å². The third-order valence-corrected chi connectivity index (χ3v) is 5.86. The van der Waals surface area contributed by atoms with Gasteiger partial charge in [0, 0.05) is 13.1 Å². The molecule has 0 bridgehead atoms. The fraction of sp³-hybridized carbons (Fsp3) is 0.867. The molecule has 0 aromatic heterocycles. The highest BCUT2D eigenvalue weighted by Gasteiger charge is 2.27. The zero-order valence-electron chi connectivity index (χ0n) is 27.8. The van der Waals surface area contributed by atoms with Gasteiger partial charge in [-0.1, -0.05) is 27.7 Å². The first-order chi connectivity index (χ1) is 19.4. The molecule has 0 spiro atoms. The Morgan fingerprint density at radius 1 is 0.524 bits per heavy atom. The van der Waals surface area contributed by atoms with E-state index in [1.807, 2.05) is 27.7 Å². The molecule has 0 saturated carbocycles. The molecule has 42 heavy (non-hydrogen) atoms. The molecule has 0 aliphatic carbocycles. The molecule has 0 aromatic rings. The van der Waals surface area contributed by atoms with Crippen LogP contribution in [0.4, 0.5) is 9.59 Å². The van der Waals surface area contributed by atoms with Gasteiger partial charge < -0.3 is 41.4 Å².